The fourth-order valence-electron chi connectivity index (χ4n) is 2.59. The molecule has 3 rings (SSSR count). The Morgan fingerprint density at radius 3 is 2.15 bits per heavy atom. The largest absolute Gasteiger partial charge is 0.366 e. The van der Waals surface area contributed by atoms with Gasteiger partial charge in [-0.1, -0.05) is 13.8 Å². The highest BCUT2D eigenvalue weighted by molar-refractivity contribution is 7.89. The predicted octanol–water partition coefficient (Wildman–Crippen LogP) is 2.33. The van der Waals surface area contributed by atoms with Crippen LogP contribution in [0.1, 0.15) is 37.0 Å². The van der Waals surface area contributed by atoms with Crippen molar-refractivity contribution in [1.29, 1.82) is 0 Å². The van der Waals surface area contributed by atoms with Gasteiger partial charge in [0.05, 0.1) is 4.90 Å². The Kier molecular flexibility index (Phi) is 5.71. The SMILES string of the molecule is CCN(CC)S(=O)(=O)c1ccc(C(=O)Nc2ccc(NC3CC3)nn2)cc1. The van der Waals surface area contributed by atoms with E-state index < -0.39 is 10.0 Å². The number of nitrogens with zero attached hydrogens (tertiary/aromatic N) is 3. The van der Waals surface area contributed by atoms with Crippen molar-refractivity contribution in [2.75, 3.05) is 23.7 Å². The molecular formula is C18H23N5O3S. The van der Waals surface area contributed by atoms with Crippen LogP contribution in [-0.4, -0.2) is 48.0 Å². The van der Waals surface area contributed by atoms with E-state index in [0.717, 1.165) is 12.8 Å². The molecule has 0 saturated heterocycles. The van der Waals surface area contributed by atoms with Crippen molar-refractivity contribution in [3.05, 3.63) is 42.0 Å². The molecule has 1 aliphatic carbocycles. The number of sulfonamides is 1. The second-order valence-electron chi connectivity index (χ2n) is 6.29. The van der Waals surface area contributed by atoms with E-state index in [2.05, 4.69) is 20.8 Å². The molecule has 1 fully saturated rings. The van der Waals surface area contributed by atoms with Crippen LogP contribution in [-0.2, 0) is 10.0 Å². The molecule has 0 atom stereocenters. The summed E-state index contributed by atoms with van der Waals surface area (Å²) in [6, 6.07) is 9.78. The summed E-state index contributed by atoms with van der Waals surface area (Å²) in [5.74, 6) is 0.640. The zero-order chi connectivity index (χ0) is 19.4. The Bertz CT molecular complexity index is 890. The van der Waals surface area contributed by atoms with Gasteiger partial charge in [0, 0.05) is 24.7 Å². The molecule has 2 N–H and O–H groups in total. The molecule has 0 aliphatic heterocycles. The quantitative estimate of drug-likeness (QED) is 0.718. The van der Waals surface area contributed by atoms with E-state index in [-0.39, 0.29) is 10.8 Å². The second-order valence-corrected chi connectivity index (χ2v) is 8.23. The first kappa shape index (κ1) is 19.2. The summed E-state index contributed by atoms with van der Waals surface area (Å²) in [6.07, 6.45) is 2.28. The van der Waals surface area contributed by atoms with Gasteiger partial charge >= 0.3 is 0 Å². The van der Waals surface area contributed by atoms with Crippen LogP contribution >= 0.6 is 0 Å². The molecule has 8 nitrogen and oxygen atoms in total. The lowest BCUT2D eigenvalue weighted by molar-refractivity contribution is 0.102. The number of aromatic nitrogens is 2. The Balaban J connectivity index is 1.66. The van der Waals surface area contributed by atoms with Gasteiger partial charge in [-0.25, -0.2) is 8.42 Å². The molecule has 27 heavy (non-hydrogen) atoms. The topological polar surface area (TPSA) is 104 Å². The Morgan fingerprint density at radius 2 is 1.63 bits per heavy atom. The minimum Gasteiger partial charge on any atom is -0.366 e. The van der Waals surface area contributed by atoms with Crippen molar-refractivity contribution in [1.82, 2.24) is 14.5 Å². The third-order valence-electron chi connectivity index (χ3n) is 4.30. The van der Waals surface area contributed by atoms with Gasteiger partial charge in [0.15, 0.2) is 5.82 Å². The van der Waals surface area contributed by atoms with Gasteiger partial charge < -0.3 is 10.6 Å². The van der Waals surface area contributed by atoms with Gasteiger partial charge in [0.1, 0.15) is 5.82 Å². The molecule has 1 amide bonds. The number of hydrogen-bond donors (Lipinski definition) is 2. The average Bonchev–Trinajstić information content (AvgIpc) is 3.48. The van der Waals surface area contributed by atoms with E-state index in [1.165, 1.54) is 28.6 Å². The molecule has 0 unspecified atom stereocenters. The third kappa shape index (κ3) is 4.61. The minimum absolute atomic E-state index is 0.165. The molecule has 0 spiro atoms. The van der Waals surface area contributed by atoms with Gasteiger partial charge in [0.2, 0.25) is 10.0 Å². The summed E-state index contributed by atoms with van der Waals surface area (Å²) in [7, 11) is -3.54. The van der Waals surface area contributed by atoms with E-state index in [1.807, 2.05) is 0 Å². The average molecular weight is 389 g/mol. The fraction of sp³-hybridized carbons (Fsp3) is 0.389. The number of hydrogen-bond acceptors (Lipinski definition) is 6. The molecule has 1 heterocycles. The molecule has 1 saturated carbocycles. The van der Waals surface area contributed by atoms with Gasteiger partial charge in [-0.15, -0.1) is 10.2 Å². The van der Waals surface area contributed by atoms with Crippen molar-refractivity contribution in [2.45, 2.75) is 37.6 Å². The maximum atomic E-state index is 12.5. The number of carbonyl (C=O) groups is 1. The standard InChI is InChI=1S/C18H23N5O3S/c1-3-23(4-2)27(25,26)15-9-5-13(6-10-15)18(24)20-17-12-11-16(21-22-17)19-14-7-8-14/h5-6,9-12,14H,3-4,7-8H2,1-2H3,(H,19,21)(H,20,22,24). The van der Waals surface area contributed by atoms with E-state index in [9.17, 15) is 13.2 Å². The molecule has 1 aromatic heterocycles. The maximum absolute atomic E-state index is 12.5. The van der Waals surface area contributed by atoms with E-state index in [1.54, 1.807) is 26.0 Å². The summed E-state index contributed by atoms with van der Waals surface area (Å²) in [6.45, 7) is 4.36. The Morgan fingerprint density at radius 1 is 1.04 bits per heavy atom. The molecular weight excluding hydrogens is 366 g/mol. The van der Waals surface area contributed by atoms with Gasteiger partial charge in [-0.2, -0.15) is 4.31 Å². The van der Waals surface area contributed by atoms with E-state index >= 15 is 0 Å². The number of rotatable bonds is 8. The highest BCUT2D eigenvalue weighted by Gasteiger charge is 2.22. The van der Waals surface area contributed by atoms with Crippen molar-refractivity contribution < 1.29 is 13.2 Å². The molecule has 2 aromatic rings. The van der Waals surface area contributed by atoms with Crippen LogP contribution in [0.25, 0.3) is 0 Å². The van der Waals surface area contributed by atoms with Gasteiger partial charge in [-0.05, 0) is 49.2 Å². The molecule has 0 bridgehead atoms. The zero-order valence-electron chi connectivity index (χ0n) is 15.3. The fourth-order valence-corrected chi connectivity index (χ4v) is 4.05. The van der Waals surface area contributed by atoms with Crippen LogP contribution < -0.4 is 10.6 Å². The summed E-state index contributed by atoms with van der Waals surface area (Å²) in [4.78, 5) is 12.5. The first-order valence-electron chi connectivity index (χ1n) is 8.96. The first-order chi connectivity index (χ1) is 12.9. The Labute approximate surface area is 159 Å². The van der Waals surface area contributed by atoms with Gasteiger partial charge in [-0.3, -0.25) is 4.79 Å². The van der Waals surface area contributed by atoms with Crippen molar-refractivity contribution in [2.24, 2.45) is 0 Å². The first-order valence-corrected chi connectivity index (χ1v) is 10.4. The monoisotopic (exact) mass is 389 g/mol. The van der Waals surface area contributed by atoms with Crippen LogP contribution in [0.3, 0.4) is 0 Å². The minimum atomic E-state index is -3.54. The summed E-state index contributed by atoms with van der Waals surface area (Å²) in [5, 5.41) is 13.9. The molecule has 1 aliphatic rings. The van der Waals surface area contributed by atoms with E-state index in [4.69, 9.17) is 0 Å². The van der Waals surface area contributed by atoms with Gasteiger partial charge in [0.25, 0.3) is 5.91 Å². The second kappa shape index (κ2) is 8.01. The highest BCUT2D eigenvalue weighted by Crippen LogP contribution is 2.23. The highest BCUT2D eigenvalue weighted by atomic mass is 32.2. The normalized spacial score (nSPS) is 14.2. The van der Waals surface area contributed by atoms with Crippen molar-refractivity contribution in [3.63, 3.8) is 0 Å². The predicted molar refractivity (Wildman–Crippen MR) is 103 cm³/mol. The number of benzene rings is 1. The van der Waals surface area contributed by atoms with Crippen LogP contribution in [0.5, 0.6) is 0 Å². The van der Waals surface area contributed by atoms with Crippen LogP contribution in [0, 0.1) is 0 Å². The lowest BCUT2D eigenvalue weighted by Crippen LogP contribution is -2.30. The lowest BCUT2D eigenvalue weighted by atomic mass is 10.2. The Hall–Kier alpha value is -2.52. The molecule has 1 aromatic carbocycles. The van der Waals surface area contributed by atoms with Crippen molar-refractivity contribution >= 4 is 27.6 Å². The van der Waals surface area contributed by atoms with Crippen LogP contribution in [0.15, 0.2) is 41.3 Å². The number of anilines is 2. The lowest BCUT2D eigenvalue weighted by Gasteiger charge is -2.18. The molecule has 0 radical (unpaired) electrons. The molecule has 144 valence electrons. The third-order valence-corrected chi connectivity index (χ3v) is 6.36. The number of carbonyl (C=O) groups excluding carboxylic acids is 1. The summed E-state index contributed by atoms with van der Waals surface area (Å²) >= 11 is 0. The summed E-state index contributed by atoms with van der Waals surface area (Å²) < 4.78 is 26.3. The van der Waals surface area contributed by atoms with Crippen molar-refractivity contribution in [3.8, 4) is 0 Å². The number of amides is 1. The van der Waals surface area contributed by atoms with Crippen LogP contribution in [0.2, 0.25) is 0 Å². The van der Waals surface area contributed by atoms with E-state index in [0.29, 0.717) is 36.3 Å². The summed E-state index contributed by atoms with van der Waals surface area (Å²) in [5.41, 5.74) is 0.343. The number of nitrogens with one attached hydrogen (secondary N) is 2. The zero-order valence-corrected chi connectivity index (χ0v) is 16.2. The van der Waals surface area contributed by atoms with Crippen LogP contribution in [0.4, 0.5) is 11.6 Å². The maximum Gasteiger partial charge on any atom is 0.256 e. The smallest absolute Gasteiger partial charge is 0.256 e. The molecule has 9 heteroatoms.